The van der Waals surface area contributed by atoms with Crippen molar-refractivity contribution in [3.63, 3.8) is 0 Å². The third-order valence-corrected chi connectivity index (χ3v) is 2.49. The monoisotopic (exact) mass is 216 g/mol. The summed E-state index contributed by atoms with van der Waals surface area (Å²) in [6.07, 6.45) is 2.06. The highest BCUT2D eigenvalue weighted by molar-refractivity contribution is 6.31. The molecule has 0 saturated carbocycles. The molecule has 74 valence electrons. The lowest BCUT2D eigenvalue weighted by molar-refractivity contribution is 1.25. The molecule has 0 bridgehead atoms. The molecule has 0 radical (unpaired) electrons. The summed E-state index contributed by atoms with van der Waals surface area (Å²) in [4.78, 5) is 4.27. The summed E-state index contributed by atoms with van der Waals surface area (Å²) in [7, 11) is 0. The van der Waals surface area contributed by atoms with Crippen LogP contribution in [0.4, 0.5) is 0 Å². The first-order valence-corrected chi connectivity index (χ1v) is 5.00. The maximum atomic E-state index is 8.65. The molecule has 2 rings (SSSR count). The lowest BCUT2D eigenvalue weighted by Gasteiger charge is -2.04. The van der Waals surface area contributed by atoms with Gasteiger partial charge in [0.1, 0.15) is 0 Å². The van der Waals surface area contributed by atoms with Crippen LogP contribution >= 0.6 is 11.6 Å². The van der Waals surface area contributed by atoms with E-state index >= 15 is 0 Å². The molecule has 0 aliphatic carbocycles. The van der Waals surface area contributed by atoms with E-state index in [0.717, 1.165) is 22.0 Å². The molecule has 2 nitrogen and oxygen atoms in total. The van der Waals surface area contributed by atoms with Crippen LogP contribution in [-0.2, 0) is 6.42 Å². The number of aryl methyl sites for hydroxylation is 1. The van der Waals surface area contributed by atoms with Crippen LogP contribution in [0.15, 0.2) is 24.4 Å². The number of aromatic nitrogens is 1. The summed E-state index contributed by atoms with van der Waals surface area (Å²) in [5.74, 6) is 0. The Morgan fingerprint density at radius 1 is 1.40 bits per heavy atom. The van der Waals surface area contributed by atoms with Gasteiger partial charge in [0.05, 0.1) is 23.0 Å². The van der Waals surface area contributed by atoms with Gasteiger partial charge in [0.2, 0.25) is 0 Å². The third-order valence-electron chi connectivity index (χ3n) is 2.28. The van der Waals surface area contributed by atoms with E-state index in [9.17, 15) is 0 Å². The van der Waals surface area contributed by atoms with Crippen LogP contribution in [0, 0.1) is 18.3 Å². The highest BCUT2D eigenvalue weighted by Crippen LogP contribution is 2.21. The minimum absolute atomic E-state index is 0.420. The van der Waals surface area contributed by atoms with Crippen molar-refractivity contribution in [3.05, 3.63) is 40.5 Å². The molecule has 0 N–H and O–H groups in total. The van der Waals surface area contributed by atoms with Crippen LogP contribution in [0.25, 0.3) is 10.9 Å². The summed E-state index contributed by atoms with van der Waals surface area (Å²) >= 11 is 5.87. The predicted molar refractivity (Wildman–Crippen MR) is 60.8 cm³/mol. The molecule has 0 spiro atoms. The first kappa shape index (κ1) is 9.95. The fraction of sp³-hybridized carbons (Fsp3) is 0.167. The summed E-state index contributed by atoms with van der Waals surface area (Å²) in [5.41, 5.74) is 3.03. The molecule has 0 aliphatic heterocycles. The first-order valence-electron chi connectivity index (χ1n) is 4.62. The summed E-state index contributed by atoms with van der Waals surface area (Å²) in [6, 6.07) is 7.97. The molecule has 3 heteroatoms. The number of benzene rings is 1. The van der Waals surface area contributed by atoms with Crippen LogP contribution < -0.4 is 0 Å². The zero-order valence-electron chi connectivity index (χ0n) is 8.29. The molecule has 0 aliphatic rings. The number of pyridine rings is 1. The van der Waals surface area contributed by atoms with E-state index in [2.05, 4.69) is 11.1 Å². The number of nitrogens with zero attached hydrogens (tertiary/aromatic N) is 2. The summed E-state index contributed by atoms with van der Waals surface area (Å²) in [6.45, 7) is 1.99. The maximum Gasteiger partial charge on any atom is 0.0732 e. The SMILES string of the molecule is Cc1cc(CC#N)cc2cc(Cl)cnc12. The van der Waals surface area contributed by atoms with Crippen molar-refractivity contribution in [2.75, 3.05) is 0 Å². The Balaban J connectivity index is 2.69. The average Bonchev–Trinajstić information content (AvgIpc) is 2.17. The van der Waals surface area contributed by atoms with Gasteiger partial charge in [0.25, 0.3) is 0 Å². The van der Waals surface area contributed by atoms with Gasteiger partial charge < -0.3 is 0 Å². The number of hydrogen-bond donors (Lipinski definition) is 0. The molecule has 0 atom stereocenters. The standard InChI is InChI=1S/C12H9ClN2/c1-8-4-9(2-3-14)5-10-6-11(13)7-15-12(8)10/h4-7H,2H2,1H3. The Kier molecular flexibility index (Phi) is 2.57. The van der Waals surface area contributed by atoms with E-state index in [1.807, 2.05) is 25.1 Å². The fourth-order valence-corrected chi connectivity index (χ4v) is 1.84. The van der Waals surface area contributed by atoms with E-state index in [0.29, 0.717) is 11.4 Å². The first-order chi connectivity index (χ1) is 7.20. The van der Waals surface area contributed by atoms with E-state index in [4.69, 9.17) is 16.9 Å². The van der Waals surface area contributed by atoms with Gasteiger partial charge in [-0.15, -0.1) is 0 Å². The van der Waals surface area contributed by atoms with E-state index < -0.39 is 0 Å². The van der Waals surface area contributed by atoms with Crippen molar-refractivity contribution in [1.29, 1.82) is 5.26 Å². The molecule has 0 saturated heterocycles. The summed E-state index contributed by atoms with van der Waals surface area (Å²) in [5, 5.41) is 10.3. The fourth-order valence-electron chi connectivity index (χ4n) is 1.68. The molecule has 15 heavy (non-hydrogen) atoms. The van der Waals surface area contributed by atoms with Crippen LogP contribution in [0.2, 0.25) is 5.02 Å². The highest BCUT2D eigenvalue weighted by Gasteiger charge is 2.02. The number of hydrogen-bond acceptors (Lipinski definition) is 2. The van der Waals surface area contributed by atoms with Crippen molar-refractivity contribution in [2.24, 2.45) is 0 Å². The molecule has 1 aromatic heterocycles. The molecular formula is C12H9ClN2. The largest absolute Gasteiger partial charge is 0.254 e. The molecule has 0 amide bonds. The van der Waals surface area contributed by atoms with E-state index in [1.54, 1.807) is 6.20 Å². The average molecular weight is 217 g/mol. The molecular weight excluding hydrogens is 208 g/mol. The zero-order chi connectivity index (χ0) is 10.8. The molecule has 0 unspecified atom stereocenters. The van der Waals surface area contributed by atoms with Gasteiger partial charge in [0.15, 0.2) is 0 Å². The Labute approximate surface area is 93.1 Å². The lowest BCUT2D eigenvalue weighted by atomic mass is 10.0. The van der Waals surface area contributed by atoms with Crippen molar-refractivity contribution in [2.45, 2.75) is 13.3 Å². The van der Waals surface area contributed by atoms with Gasteiger partial charge in [-0.25, -0.2) is 0 Å². The Bertz CT molecular complexity index is 555. The van der Waals surface area contributed by atoms with E-state index in [-0.39, 0.29) is 0 Å². The smallest absolute Gasteiger partial charge is 0.0732 e. The lowest BCUT2D eigenvalue weighted by Crippen LogP contribution is -1.88. The van der Waals surface area contributed by atoms with Crippen LogP contribution in [0.3, 0.4) is 0 Å². The quantitative estimate of drug-likeness (QED) is 0.734. The van der Waals surface area contributed by atoms with Gasteiger partial charge in [-0.05, 0) is 30.2 Å². The van der Waals surface area contributed by atoms with Crippen molar-refractivity contribution in [3.8, 4) is 6.07 Å². The van der Waals surface area contributed by atoms with Crippen LogP contribution in [0.1, 0.15) is 11.1 Å². The third kappa shape index (κ3) is 1.93. The van der Waals surface area contributed by atoms with E-state index in [1.165, 1.54) is 0 Å². The molecule has 1 heterocycles. The molecule has 0 fully saturated rings. The maximum absolute atomic E-state index is 8.65. The Morgan fingerprint density at radius 3 is 2.93 bits per heavy atom. The number of halogens is 1. The topological polar surface area (TPSA) is 36.7 Å². The van der Waals surface area contributed by atoms with Gasteiger partial charge in [-0.1, -0.05) is 17.7 Å². The Morgan fingerprint density at radius 2 is 2.20 bits per heavy atom. The predicted octanol–water partition coefficient (Wildman–Crippen LogP) is 3.26. The Hall–Kier alpha value is -1.59. The minimum Gasteiger partial charge on any atom is -0.254 e. The van der Waals surface area contributed by atoms with Gasteiger partial charge in [-0.2, -0.15) is 5.26 Å². The number of rotatable bonds is 1. The highest BCUT2D eigenvalue weighted by atomic mass is 35.5. The molecule has 2 aromatic rings. The second-order valence-electron chi connectivity index (χ2n) is 3.47. The normalized spacial score (nSPS) is 10.2. The van der Waals surface area contributed by atoms with Gasteiger partial charge >= 0.3 is 0 Å². The van der Waals surface area contributed by atoms with Crippen molar-refractivity contribution in [1.82, 2.24) is 4.98 Å². The summed E-state index contributed by atoms with van der Waals surface area (Å²) < 4.78 is 0. The second kappa shape index (κ2) is 3.88. The second-order valence-corrected chi connectivity index (χ2v) is 3.91. The van der Waals surface area contributed by atoms with Crippen molar-refractivity contribution < 1.29 is 0 Å². The minimum atomic E-state index is 0.420. The van der Waals surface area contributed by atoms with Gasteiger partial charge in [-0.3, -0.25) is 4.98 Å². The zero-order valence-corrected chi connectivity index (χ0v) is 9.04. The molecule has 1 aromatic carbocycles. The number of fused-ring (bicyclic) bond motifs is 1. The number of nitriles is 1. The van der Waals surface area contributed by atoms with Crippen LogP contribution in [-0.4, -0.2) is 4.98 Å². The van der Waals surface area contributed by atoms with Gasteiger partial charge in [0, 0.05) is 11.6 Å². The van der Waals surface area contributed by atoms with Crippen LogP contribution in [0.5, 0.6) is 0 Å². The van der Waals surface area contributed by atoms with Crippen molar-refractivity contribution >= 4 is 22.5 Å².